The summed E-state index contributed by atoms with van der Waals surface area (Å²) in [6, 6.07) is 4.02. The van der Waals surface area contributed by atoms with Crippen LogP contribution in [0, 0.1) is 6.92 Å². The number of nitrogens with zero attached hydrogens (tertiary/aromatic N) is 2. The van der Waals surface area contributed by atoms with Gasteiger partial charge in [-0.1, -0.05) is 6.07 Å². The van der Waals surface area contributed by atoms with Crippen molar-refractivity contribution in [3.63, 3.8) is 0 Å². The Kier molecular flexibility index (Phi) is 5.22. The van der Waals surface area contributed by atoms with Gasteiger partial charge >= 0.3 is 0 Å². The maximum atomic E-state index is 5.70. The summed E-state index contributed by atoms with van der Waals surface area (Å²) in [5.41, 5.74) is 7.78. The van der Waals surface area contributed by atoms with Gasteiger partial charge in [-0.2, -0.15) is 0 Å². The van der Waals surface area contributed by atoms with Crippen molar-refractivity contribution in [2.24, 2.45) is 5.73 Å². The molecule has 0 amide bonds. The Balaban J connectivity index is 2.72. The number of pyridine rings is 1. The highest BCUT2D eigenvalue weighted by molar-refractivity contribution is 5.47. The number of rotatable bonds is 6. The van der Waals surface area contributed by atoms with E-state index in [0.29, 0.717) is 13.2 Å². The maximum absolute atomic E-state index is 5.70. The quantitative estimate of drug-likeness (QED) is 0.739. The van der Waals surface area contributed by atoms with E-state index in [1.54, 1.807) is 0 Å². The zero-order valence-electron chi connectivity index (χ0n) is 10.4. The molecule has 1 rings (SSSR count). The Morgan fingerprint density at radius 1 is 1.44 bits per heavy atom. The minimum atomic E-state index is 0.515. The van der Waals surface area contributed by atoms with E-state index < -0.39 is 0 Å². The zero-order valence-corrected chi connectivity index (χ0v) is 10.4. The van der Waals surface area contributed by atoms with Gasteiger partial charge in [-0.25, -0.2) is 4.98 Å². The van der Waals surface area contributed by atoms with Crippen molar-refractivity contribution < 1.29 is 4.74 Å². The smallest absolute Gasteiger partial charge is 0.133 e. The van der Waals surface area contributed by atoms with Crippen LogP contribution in [-0.4, -0.2) is 31.8 Å². The van der Waals surface area contributed by atoms with Gasteiger partial charge in [0.1, 0.15) is 5.82 Å². The Morgan fingerprint density at radius 2 is 2.19 bits per heavy atom. The SMILES string of the molecule is CCOCCN(C)c1nc(C)ccc1CN. The average Bonchev–Trinajstić information content (AvgIpc) is 2.29. The molecule has 1 aromatic heterocycles. The fourth-order valence-electron chi connectivity index (χ4n) is 1.51. The van der Waals surface area contributed by atoms with E-state index in [-0.39, 0.29) is 0 Å². The van der Waals surface area contributed by atoms with E-state index in [0.717, 1.165) is 30.2 Å². The van der Waals surface area contributed by atoms with Crippen LogP contribution in [-0.2, 0) is 11.3 Å². The van der Waals surface area contributed by atoms with Gasteiger partial charge in [0.05, 0.1) is 6.61 Å². The van der Waals surface area contributed by atoms with Crippen LogP contribution in [0.1, 0.15) is 18.2 Å². The van der Waals surface area contributed by atoms with Gasteiger partial charge in [0, 0.05) is 38.0 Å². The minimum Gasteiger partial charge on any atom is -0.380 e. The maximum Gasteiger partial charge on any atom is 0.133 e. The van der Waals surface area contributed by atoms with Crippen LogP contribution in [0.15, 0.2) is 12.1 Å². The monoisotopic (exact) mass is 223 g/mol. The van der Waals surface area contributed by atoms with Gasteiger partial charge in [0.2, 0.25) is 0 Å². The summed E-state index contributed by atoms with van der Waals surface area (Å²) in [4.78, 5) is 6.60. The van der Waals surface area contributed by atoms with Gasteiger partial charge in [-0.05, 0) is 19.9 Å². The minimum absolute atomic E-state index is 0.515. The molecule has 0 aromatic carbocycles. The van der Waals surface area contributed by atoms with Crippen molar-refractivity contribution in [2.75, 3.05) is 31.7 Å². The molecule has 0 bridgehead atoms. The molecule has 0 spiro atoms. The van der Waals surface area contributed by atoms with Crippen LogP contribution in [0.25, 0.3) is 0 Å². The van der Waals surface area contributed by atoms with E-state index in [1.165, 1.54) is 0 Å². The summed E-state index contributed by atoms with van der Waals surface area (Å²) in [6.07, 6.45) is 0. The predicted molar refractivity (Wildman–Crippen MR) is 66.6 cm³/mol. The molecule has 90 valence electrons. The molecule has 4 heteroatoms. The molecular formula is C12H21N3O. The standard InChI is InChI=1S/C12H21N3O/c1-4-16-8-7-15(3)12-11(9-13)6-5-10(2)14-12/h5-6H,4,7-9,13H2,1-3H3. The van der Waals surface area contributed by atoms with E-state index >= 15 is 0 Å². The van der Waals surface area contributed by atoms with Gasteiger partial charge in [-0.3, -0.25) is 0 Å². The first-order valence-electron chi connectivity index (χ1n) is 5.64. The fraction of sp³-hybridized carbons (Fsp3) is 0.583. The van der Waals surface area contributed by atoms with Crippen molar-refractivity contribution in [3.8, 4) is 0 Å². The van der Waals surface area contributed by atoms with Gasteiger partial charge in [0.25, 0.3) is 0 Å². The summed E-state index contributed by atoms with van der Waals surface area (Å²) in [5, 5.41) is 0. The molecule has 0 atom stereocenters. The molecule has 1 aromatic rings. The number of aryl methyl sites for hydroxylation is 1. The molecule has 16 heavy (non-hydrogen) atoms. The van der Waals surface area contributed by atoms with Gasteiger partial charge in [-0.15, -0.1) is 0 Å². The molecule has 0 aliphatic rings. The van der Waals surface area contributed by atoms with Gasteiger partial charge in [0.15, 0.2) is 0 Å². The highest BCUT2D eigenvalue weighted by Gasteiger charge is 2.08. The molecule has 0 aliphatic carbocycles. The number of hydrogen-bond acceptors (Lipinski definition) is 4. The van der Waals surface area contributed by atoms with Crippen molar-refractivity contribution in [2.45, 2.75) is 20.4 Å². The highest BCUT2D eigenvalue weighted by atomic mass is 16.5. The summed E-state index contributed by atoms with van der Waals surface area (Å²) in [7, 11) is 2.01. The summed E-state index contributed by atoms with van der Waals surface area (Å²) in [6.45, 7) is 6.79. The lowest BCUT2D eigenvalue weighted by Gasteiger charge is -2.21. The van der Waals surface area contributed by atoms with Crippen molar-refractivity contribution >= 4 is 5.82 Å². The average molecular weight is 223 g/mol. The fourth-order valence-corrected chi connectivity index (χ4v) is 1.51. The third kappa shape index (κ3) is 3.47. The molecule has 2 N–H and O–H groups in total. The largest absolute Gasteiger partial charge is 0.380 e. The molecule has 0 radical (unpaired) electrons. The van der Waals surface area contributed by atoms with Crippen LogP contribution in [0.3, 0.4) is 0 Å². The summed E-state index contributed by atoms with van der Waals surface area (Å²) >= 11 is 0. The number of anilines is 1. The van der Waals surface area contributed by atoms with Crippen molar-refractivity contribution in [3.05, 3.63) is 23.4 Å². The lowest BCUT2D eigenvalue weighted by Crippen LogP contribution is -2.25. The molecule has 0 unspecified atom stereocenters. The Bertz CT molecular complexity index is 328. The normalized spacial score (nSPS) is 10.5. The lowest BCUT2D eigenvalue weighted by molar-refractivity contribution is 0.154. The number of nitrogens with two attached hydrogens (primary N) is 1. The Labute approximate surface area is 97.4 Å². The third-order valence-corrected chi connectivity index (χ3v) is 2.45. The van der Waals surface area contributed by atoms with E-state index in [1.807, 2.05) is 33.0 Å². The zero-order chi connectivity index (χ0) is 12.0. The molecule has 0 saturated heterocycles. The molecule has 0 aliphatic heterocycles. The molecular weight excluding hydrogens is 202 g/mol. The number of hydrogen-bond donors (Lipinski definition) is 1. The molecule has 4 nitrogen and oxygen atoms in total. The van der Waals surface area contributed by atoms with Crippen molar-refractivity contribution in [1.82, 2.24) is 4.98 Å². The molecule has 0 saturated carbocycles. The number of aromatic nitrogens is 1. The second kappa shape index (κ2) is 6.45. The van der Waals surface area contributed by atoms with Crippen LogP contribution < -0.4 is 10.6 Å². The summed E-state index contributed by atoms with van der Waals surface area (Å²) in [5.74, 6) is 0.960. The topological polar surface area (TPSA) is 51.4 Å². The first-order chi connectivity index (χ1) is 7.69. The Morgan fingerprint density at radius 3 is 2.81 bits per heavy atom. The first kappa shape index (κ1) is 12.9. The Hall–Kier alpha value is -1.13. The second-order valence-corrected chi connectivity index (χ2v) is 3.76. The number of ether oxygens (including phenoxy) is 1. The van der Waals surface area contributed by atoms with Crippen LogP contribution >= 0.6 is 0 Å². The lowest BCUT2D eigenvalue weighted by atomic mass is 10.2. The highest BCUT2D eigenvalue weighted by Crippen LogP contribution is 2.16. The second-order valence-electron chi connectivity index (χ2n) is 3.76. The van der Waals surface area contributed by atoms with E-state index in [4.69, 9.17) is 10.5 Å². The molecule has 0 fully saturated rings. The third-order valence-electron chi connectivity index (χ3n) is 2.45. The van der Waals surface area contributed by atoms with Crippen molar-refractivity contribution in [1.29, 1.82) is 0 Å². The van der Waals surface area contributed by atoms with E-state index in [2.05, 4.69) is 9.88 Å². The predicted octanol–water partition coefficient (Wildman–Crippen LogP) is 1.32. The van der Waals surface area contributed by atoms with Crippen LogP contribution in [0.5, 0.6) is 0 Å². The first-order valence-corrected chi connectivity index (χ1v) is 5.64. The molecule has 1 heterocycles. The van der Waals surface area contributed by atoms with Gasteiger partial charge < -0.3 is 15.4 Å². The van der Waals surface area contributed by atoms with Crippen LogP contribution in [0.2, 0.25) is 0 Å². The van der Waals surface area contributed by atoms with Crippen LogP contribution in [0.4, 0.5) is 5.82 Å². The number of likely N-dealkylation sites (N-methyl/N-ethyl adjacent to an activating group) is 1. The van der Waals surface area contributed by atoms with E-state index in [9.17, 15) is 0 Å². The summed E-state index contributed by atoms with van der Waals surface area (Å²) < 4.78 is 5.33.